The zero-order valence-corrected chi connectivity index (χ0v) is 11.3. The van der Waals surface area contributed by atoms with Crippen molar-refractivity contribution in [2.45, 2.75) is 31.6 Å². The van der Waals surface area contributed by atoms with Gasteiger partial charge in [-0.1, -0.05) is 0 Å². The minimum Gasteiger partial charge on any atom is -0.495 e. The van der Waals surface area contributed by atoms with Crippen molar-refractivity contribution in [2.24, 2.45) is 5.92 Å². The van der Waals surface area contributed by atoms with Crippen molar-refractivity contribution in [3.05, 3.63) is 18.2 Å². The zero-order chi connectivity index (χ0) is 14.8. The maximum atomic E-state index is 13.1. The minimum absolute atomic E-state index is 0.198. The third kappa shape index (κ3) is 3.37. The van der Waals surface area contributed by atoms with Gasteiger partial charge < -0.3 is 15.8 Å². The molecule has 0 heterocycles. The minimum atomic E-state index is -2.63. The fourth-order valence-electron chi connectivity index (χ4n) is 2.36. The number of hydrogen-bond acceptors (Lipinski definition) is 3. The van der Waals surface area contributed by atoms with E-state index >= 15 is 0 Å². The summed E-state index contributed by atoms with van der Waals surface area (Å²) >= 11 is 0. The molecule has 0 radical (unpaired) electrons. The number of amides is 1. The topological polar surface area (TPSA) is 64.3 Å². The van der Waals surface area contributed by atoms with Gasteiger partial charge in [0, 0.05) is 24.4 Å². The van der Waals surface area contributed by atoms with Gasteiger partial charge >= 0.3 is 0 Å². The van der Waals surface area contributed by atoms with E-state index in [1.54, 1.807) is 18.2 Å². The van der Waals surface area contributed by atoms with Crippen LogP contribution in [0.15, 0.2) is 18.2 Å². The van der Waals surface area contributed by atoms with Crippen LogP contribution >= 0.6 is 0 Å². The van der Waals surface area contributed by atoms with Crippen molar-refractivity contribution < 1.29 is 18.3 Å². The Balaban J connectivity index is 2.03. The molecule has 0 unspecified atom stereocenters. The number of carbonyl (C=O) groups excluding carboxylic acids is 1. The third-order valence-corrected chi connectivity index (χ3v) is 3.57. The second kappa shape index (κ2) is 5.64. The molecule has 1 amide bonds. The van der Waals surface area contributed by atoms with E-state index in [4.69, 9.17) is 10.5 Å². The number of alkyl halides is 2. The van der Waals surface area contributed by atoms with Crippen LogP contribution in [-0.4, -0.2) is 18.9 Å². The van der Waals surface area contributed by atoms with Crippen LogP contribution in [0, 0.1) is 5.92 Å². The number of halogens is 2. The van der Waals surface area contributed by atoms with Gasteiger partial charge in [-0.15, -0.1) is 0 Å². The molecule has 20 heavy (non-hydrogen) atoms. The van der Waals surface area contributed by atoms with Crippen LogP contribution in [0.2, 0.25) is 0 Å². The Morgan fingerprint density at radius 3 is 2.65 bits per heavy atom. The molecule has 3 N–H and O–H groups in total. The highest BCUT2D eigenvalue weighted by atomic mass is 19.3. The van der Waals surface area contributed by atoms with Gasteiger partial charge in [0.1, 0.15) is 5.75 Å². The standard InChI is InChI=1S/C14H18F2N2O2/c1-20-12-3-2-10(17)8-11(12)18-13(19)9-4-6-14(15,16)7-5-9/h2-3,8-9H,4-7,17H2,1H3,(H,18,19). The van der Waals surface area contributed by atoms with Crippen LogP contribution < -0.4 is 15.8 Å². The summed E-state index contributed by atoms with van der Waals surface area (Å²) in [5.41, 5.74) is 6.63. The number of nitrogens with one attached hydrogen (secondary N) is 1. The molecular weight excluding hydrogens is 266 g/mol. The molecule has 0 atom stereocenters. The van der Waals surface area contributed by atoms with Crippen LogP contribution in [0.3, 0.4) is 0 Å². The highest BCUT2D eigenvalue weighted by molar-refractivity contribution is 5.94. The summed E-state index contributed by atoms with van der Waals surface area (Å²) in [5, 5.41) is 2.71. The lowest BCUT2D eigenvalue weighted by Crippen LogP contribution is -2.31. The number of hydrogen-bond donors (Lipinski definition) is 2. The first kappa shape index (κ1) is 14.6. The molecule has 110 valence electrons. The summed E-state index contributed by atoms with van der Waals surface area (Å²) in [6.07, 6.45) is -0.0781. The summed E-state index contributed by atoms with van der Waals surface area (Å²) < 4.78 is 31.3. The average Bonchev–Trinajstić information content (AvgIpc) is 2.38. The van der Waals surface area contributed by atoms with Crippen molar-refractivity contribution in [3.8, 4) is 5.75 Å². The molecule has 0 saturated heterocycles. The zero-order valence-electron chi connectivity index (χ0n) is 11.3. The number of carbonyl (C=O) groups is 1. The third-order valence-electron chi connectivity index (χ3n) is 3.57. The Morgan fingerprint density at radius 2 is 2.05 bits per heavy atom. The van der Waals surface area contributed by atoms with Crippen LogP contribution in [0.5, 0.6) is 5.75 Å². The molecule has 1 aliphatic carbocycles. The van der Waals surface area contributed by atoms with Gasteiger partial charge in [0.05, 0.1) is 12.8 Å². The van der Waals surface area contributed by atoms with E-state index in [9.17, 15) is 13.6 Å². The van der Waals surface area contributed by atoms with Crippen molar-refractivity contribution >= 4 is 17.3 Å². The molecule has 0 aliphatic heterocycles. The maximum Gasteiger partial charge on any atom is 0.248 e. The summed E-state index contributed by atoms with van der Waals surface area (Å²) in [4.78, 5) is 12.1. The molecule has 2 rings (SSSR count). The largest absolute Gasteiger partial charge is 0.495 e. The molecule has 0 spiro atoms. The summed E-state index contributed by atoms with van der Waals surface area (Å²) in [5.74, 6) is -2.79. The van der Waals surface area contributed by atoms with Gasteiger partial charge in [0.2, 0.25) is 11.8 Å². The summed E-state index contributed by atoms with van der Waals surface area (Å²) in [6.45, 7) is 0. The summed E-state index contributed by atoms with van der Waals surface area (Å²) in [6, 6.07) is 4.91. The molecule has 1 aromatic carbocycles. The van der Waals surface area contributed by atoms with Crippen molar-refractivity contribution in [2.75, 3.05) is 18.2 Å². The first-order valence-corrected chi connectivity index (χ1v) is 6.53. The monoisotopic (exact) mass is 284 g/mol. The SMILES string of the molecule is COc1ccc(N)cc1NC(=O)C1CCC(F)(F)CC1. The lowest BCUT2D eigenvalue weighted by Gasteiger charge is -2.27. The quantitative estimate of drug-likeness (QED) is 0.838. The Bertz CT molecular complexity index is 496. The second-order valence-electron chi connectivity index (χ2n) is 5.08. The Labute approximate surface area is 116 Å². The van der Waals surface area contributed by atoms with E-state index in [1.807, 2.05) is 0 Å². The van der Waals surface area contributed by atoms with Crippen LogP contribution in [0.25, 0.3) is 0 Å². The van der Waals surface area contributed by atoms with Crippen LogP contribution in [0.4, 0.5) is 20.2 Å². The van der Waals surface area contributed by atoms with Gasteiger partial charge in [0.25, 0.3) is 0 Å². The highest BCUT2D eigenvalue weighted by Gasteiger charge is 2.37. The fraction of sp³-hybridized carbons (Fsp3) is 0.500. The van der Waals surface area contributed by atoms with E-state index in [1.165, 1.54) is 7.11 Å². The smallest absolute Gasteiger partial charge is 0.248 e. The van der Waals surface area contributed by atoms with Gasteiger partial charge in [-0.05, 0) is 31.0 Å². The molecule has 6 heteroatoms. The van der Waals surface area contributed by atoms with Crippen molar-refractivity contribution in [3.63, 3.8) is 0 Å². The summed E-state index contributed by atoms with van der Waals surface area (Å²) in [7, 11) is 1.49. The van der Waals surface area contributed by atoms with E-state index in [-0.39, 0.29) is 37.5 Å². The number of nitrogens with two attached hydrogens (primary N) is 1. The predicted molar refractivity (Wildman–Crippen MR) is 72.9 cm³/mol. The number of ether oxygens (including phenoxy) is 1. The molecule has 1 aliphatic rings. The maximum absolute atomic E-state index is 13.1. The first-order chi connectivity index (χ1) is 9.41. The Morgan fingerprint density at radius 1 is 1.40 bits per heavy atom. The number of rotatable bonds is 3. The molecule has 1 saturated carbocycles. The lowest BCUT2D eigenvalue weighted by molar-refractivity contribution is -0.124. The van der Waals surface area contributed by atoms with E-state index < -0.39 is 5.92 Å². The van der Waals surface area contributed by atoms with E-state index in [0.717, 1.165) is 0 Å². The Kier molecular flexibility index (Phi) is 4.11. The molecule has 1 fully saturated rings. The van der Waals surface area contributed by atoms with Crippen LogP contribution in [0.1, 0.15) is 25.7 Å². The first-order valence-electron chi connectivity index (χ1n) is 6.53. The molecule has 4 nitrogen and oxygen atoms in total. The number of anilines is 2. The lowest BCUT2D eigenvalue weighted by atomic mass is 9.86. The molecular formula is C14H18F2N2O2. The number of methoxy groups -OCH3 is 1. The van der Waals surface area contributed by atoms with Gasteiger partial charge in [-0.25, -0.2) is 8.78 Å². The number of benzene rings is 1. The average molecular weight is 284 g/mol. The second-order valence-corrected chi connectivity index (χ2v) is 5.08. The molecule has 1 aromatic rings. The van der Waals surface area contributed by atoms with Gasteiger partial charge in [-0.3, -0.25) is 4.79 Å². The fourth-order valence-corrected chi connectivity index (χ4v) is 2.36. The van der Waals surface area contributed by atoms with Gasteiger partial charge in [0.15, 0.2) is 0 Å². The van der Waals surface area contributed by atoms with Gasteiger partial charge in [-0.2, -0.15) is 0 Å². The number of nitrogen functional groups attached to an aromatic ring is 1. The highest BCUT2D eigenvalue weighted by Crippen LogP contribution is 2.37. The normalized spacial score (nSPS) is 18.6. The molecule has 0 aromatic heterocycles. The van der Waals surface area contributed by atoms with Crippen molar-refractivity contribution in [1.29, 1.82) is 0 Å². The van der Waals surface area contributed by atoms with Crippen molar-refractivity contribution in [1.82, 2.24) is 0 Å². The van der Waals surface area contributed by atoms with E-state index in [2.05, 4.69) is 5.32 Å². The molecule has 0 bridgehead atoms. The van der Waals surface area contributed by atoms with E-state index in [0.29, 0.717) is 17.1 Å². The predicted octanol–water partition coefficient (Wildman–Crippen LogP) is 3.04. The Hall–Kier alpha value is -1.85. The van der Waals surface area contributed by atoms with Crippen LogP contribution in [-0.2, 0) is 4.79 Å².